The van der Waals surface area contributed by atoms with Gasteiger partial charge in [-0.1, -0.05) is 44.2 Å². The van der Waals surface area contributed by atoms with Gasteiger partial charge in [0.1, 0.15) is 5.75 Å². The maximum absolute atomic E-state index is 5.27. The Labute approximate surface area is 129 Å². The smallest absolute Gasteiger partial charge is 0.118 e. The Bertz CT molecular complexity index is 418. The molecule has 3 rings (SSSR count). The van der Waals surface area contributed by atoms with Gasteiger partial charge in [0.05, 0.1) is 7.11 Å². The lowest BCUT2D eigenvalue weighted by atomic mass is 9.77. The third-order valence-electron chi connectivity index (χ3n) is 5.22. The van der Waals surface area contributed by atoms with Crippen molar-refractivity contribution in [2.45, 2.75) is 57.4 Å². The Morgan fingerprint density at radius 1 is 1.05 bits per heavy atom. The Kier molecular flexibility index (Phi) is 5.18. The summed E-state index contributed by atoms with van der Waals surface area (Å²) in [5, 5.41) is 3.77. The fraction of sp³-hybridized carbons (Fsp3) is 0.684. The van der Waals surface area contributed by atoms with Crippen LogP contribution >= 0.6 is 0 Å². The maximum Gasteiger partial charge on any atom is 0.118 e. The fourth-order valence-electron chi connectivity index (χ4n) is 3.68. The van der Waals surface area contributed by atoms with Crippen molar-refractivity contribution >= 4 is 0 Å². The standard InChI is InChI=1S/C19H29NO/c1-21-19-11-7-15(8-12-19)13-17(14-20-18-9-10-18)16-5-3-2-4-6-16/h7-8,11-12,16-18,20H,2-6,9-10,13-14H2,1H3. The van der Waals surface area contributed by atoms with Crippen LogP contribution in [0.3, 0.4) is 0 Å². The molecule has 0 aliphatic heterocycles. The van der Waals surface area contributed by atoms with E-state index >= 15 is 0 Å². The van der Waals surface area contributed by atoms with Crippen LogP contribution in [-0.2, 0) is 6.42 Å². The molecule has 2 aliphatic rings. The first-order chi connectivity index (χ1) is 10.3. The molecule has 0 heterocycles. The first-order valence-electron chi connectivity index (χ1n) is 8.71. The van der Waals surface area contributed by atoms with E-state index in [9.17, 15) is 0 Å². The second kappa shape index (κ2) is 7.31. The Morgan fingerprint density at radius 2 is 1.76 bits per heavy atom. The van der Waals surface area contributed by atoms with Crippen molar-refractivity contribution in [1.82, 2.24) is 5.32 Å². The van der Waals surface area contributed by atoms with Crippen LogP contribution in [0.4, 0.5) is 0 Å². The van der Waals surface area contributed by atoms with Gasteiger partial charge in [0.25, 0.3) is 0 Å². The van der Waals surface area contributed by atoms with E-state index in [1.807, 2.05) is 0 Å². The molecule has 1 aromatic rings. The molecule has 0 bridgehead atoms. The summed E-state index contributed by atoms with van der Waals surface area (Å²) in [6.07, 6.45) is 11.2. The Morgan fingerprint density at radius 3 is 2.38 bits per heavy atom. The van der Waals surface area contributed by atoms with Crippen LogP contribution in [0, 0.1) is 11.8 Å². The number of nitrogens with one attached hydrogen (secondary N) is 1. The molecule has 2 heteroatoms. The summed E-state index contributed by atoms with van der Waals surface area (Å²) in [4.78, 5) is 0. The molecule has 2 saturated carbocycles. The van der Waals surface area contributed by atoms with Crippen LogP contribution < -0.4 is 10.1 Å². The van der Waals surface area contributed by atoms with Crippen LogP contribution in [-0.4, -0.2) is 19.7 Å². The highest BCUT2D eigenvalue weighted by Gasteiger charge is 2.27. The van der Waals surface area contributed by atoms with Crippen molar-refractivity contribution in [2.24, 2.45) is 11.8 Å². The minimum atomic E-state index is 0.805. The molecule has 116 valence electrons. The Balaban J connectivity index is 1.61. The average Bonchev–Trinajstić information content (AvgIpc) is 3.37. The summed E-state index contributed by atoms with van der Waals surface area (Å²) in [5.41, 5.74) is 1.46. The highest BCUT2D eigenvalue weighted by molar-refractivity contribution is 5.27. The molecule has 2 aliphatic carbocycles. The summed E-state index contributed by atoms with van der Waals surface area (Å²) in [7, 11) is 1.74. The minimum Gasteiger partial charge on any atom is -0.497 e. The largest absolute Gasteiger partial charge is 0.497 e. The van der Waals surface area contributed by atoms with Crippen molar-refractivity contribution in [1.29, 1.82) is 0 Å². The molecule has 0 radical (unpaired) electrons. The molecular weight excluding hydrogens is 258 g/mol. The highest BCUT2D eigenvalue weighted by atomic mass is 16.5. The predicted octanol–water partition coefficient (Wildman–Crippen LogP) is 4.19. The average molecular weight is 287 g/mol. The SMILES string of the molecule is COc1ccc(CC(CNC2CC2)C2CCCCC2)cc1. The number of hydrogen-bond donors (Lipinski definition) is 1. The zero-order chi connectivity index (χ0) is 14.5. The van der Waals surface area contributed by atoms with E-state index in [0.29, 0.717) is 0 Å². The second-order valence-corrected chi connectivity index (χ2v) is 6.89. The van der Waals surface area contributed by atoms with Crippen LogP contribution in [0.25, 0.3) is 0 Å². The number of hydrogen-bond acceptors (Lipinski definition) is 2. The molecular formula is C19H29NO. The van der Waals surface area contributed by atoms with Crippen LogP contribution in [0.5, 0.6) is 5.75 Å². The van der Waals surface area contributed by atoms with Crippen LogP contribution in [0.1, 0.15) is 50.5 Å². The van der Waals surface area contributed by atoms with E-state index in [1.54, 1.807) is 7.11 Å². The number of methoxy groups -OCH3 is 1. The summed E-state index contributed by atoms with van der Waals surface area (Å²) in [6.45, 7) is 1.21. The second-order valence-electron chi connectivity index (χ2n) is 6.89. The monoisotopic (exact) mass is 287 g/mol. The normalized spacial score (nSPS) is 21.2. The molecule has 0 amide bonds. The first kappa shape index (κ1) is 14.9. The molecule has 1 atom stereocenters. The van der Waals surface area contributed by atoms with Gasteiger partial charge in [-0.2, -0.15) is 0 Å². The molecule has 2 nitrogen and oxygen atoms in total. The zero-order valence-electron chi connectivity index (χ0n) is 13.3. The van der Waals surface area contributed by atoms with Gasteiger partial charge in [0, 0.05) is 6.04 Å². The molecule has 0 aromatic heterocycles. The number of ether oxygens (including phenoxy) is 1. The molecule has 2 fully saturated rings. The molecule has 1 aromatic carbocycles. The Hall–Kier alpha value is -1.02. The fourth-order valence-corrected chi connectivity index (χ4v) is 3.68. The molecule has 21 heavy (non-hydrogen) atoms. The van der Waals surface area contributed by atoms with Crippen molar-refractivity contribution in [3.8, 4) is 5.75 Å². The molecule has 1 N–H and O–H groups in total. The van der Waals surface area contributed by atoms with E-state index in [4.69, 9.17) is 4.74 Å². The lowest BCUT2D eigenvalue weighted by molar-refractivity contribution is 0.239. The van der Waals surface area contributed by atoms with Gasteiger partial charge in [0.2, 0.25) is 0 Å². The van der Waals surface area contributed by atoms with Crippen LogP contribution in [0.2, 0.25) is 0 Å². The predicted molar refractivity (Wildman–Crippen MR) is 87.8 cm³/mol. The van der Waals surface area contributed by atoms with Crippen molar-refractivity contribution in [2.75, 3.05) is 13.7 Å². The van der Waals surface area contributed by atoms with Gasteiger partial charge in [-0.25, -0.2) is 0 Å². The molecule has 0 saturated heterocycles. The summed E-state index contributed by atoms with van der Waals surface area (Å²) < 4.78 is 5.27. The van der Waals surface area contributed by atoms with Gasteiger partial charge in [-0.15, -0.1) is 0 Å². The van der Waals surface area contributed by atoms with E-state index < -0.39 is 0 Å². The summed E-state index contributed by atoms with van der Waals surface area (Å²) in [6, 6.07) is 9.51. The van der Waals surface area contributed by atoms with Crippen molar-refractivity contribution in [3.63, 3.8) is 0 Å². The lowest BCUT2D eigenvalue weighted by Crippen LogP contribution is -2.32. The maximum atomic E-state index is 5.27. The zero-order valence-corrected chi connectivity index (χ0v) is 13.3. The van der Waals surface area contributed by atoms with Gasteiger partial charge in [0.15, 0.2) is 0 Å². The van der Waals surface area contributed by atoms with Gasteiger partial charge >= 0.3 is 0 Å². The number of benzene rings is 1. The summed E-state index contributed by atoms with van der Waals surface area (Å²) >= 11 is 0. The van der Waals surface area contributed by atoms with E-state index in [-0.39, 0.29) is 0 Å². The van der Waals surface area contributed by atoms with Gasteiger partial charge in [-0.05, 0) is 55.3 Å². The molecule has 0 spiro atoms. The van der Waals surface area contributed by atoms with Gasteiger partial charge in [-0.3, -0.25) is 0 Å². The van der Waals surface area contributed by atoms with E-state index in [0.717, 1.165) is 23.6 Å². The summed E-state index contributed by atoms with van der Waals surface area (Å²) in [5.74, 6) is 2.69. The lowest BCUT2D eigenvalue weighted by Gasteiger charge is -2.31. The van der Waals surface area contributed by atoms with Crippen molar-refractivity contribution in [3.05, 3.63) is 29.8 Å². The van der Waals surface area contributed by atoms with Crippen LogP contribution in [0.15, 0.2) is 24.3 Å². The quantitative estimate of drug-likeness (QED) is 0.812. The third-order valence-corrected chi connectivity index (χ3v) is 5.22. The van der Waals surface area contributed by atoms with Crippen molar-refractivity contribution < 1.29 is 4.74 Å². The molecule has 1 unspecified atom stereocenters. The highest BCUT2D eigenvalue weighted by Crippen LogP contribution is 2.32. The third kappa shape index (κ3) is 4.47. The van der Waals surface area contributed by atoms with E-state index in [2.05, 4.69) is 29.6 Å². The minimum absolute atomic E-state index is 0.805. The van der Waals surface area contributed by atoms with E-state index in [1.165, 1.54) is 63.5 Å². The number of rotatable bonds is 7. The topological polar surface area (TPSA) is 21.3 Å². The van der Waals surface area contributed by atoms with Gasteiger partial charge < -0.3 is 10.1 Å². The first-order valence-corrected chi connectivity index (χ1v) is 8.71.